The molecule has 1 nitrogen and oxygen atoms in total. The average Bonchev–Trinajstić information content (AvgIpc) is 2.25. The van der Waals surface area contributed by atoms with Crippen molar-refractivity contribution in [3.05, 3.63) is 35.7 Å². The van der Waals surface area contributed by atoms with E-state index in [1.54, 1.807) is 0 Å². The molecule has 0 bridgehead atoms. The van der Waals surface area contributed by atoms with E-state index in [0.29, 0.717) is 5.75 Å². The molecule has 0 heterocycles. The zero-order chi connectivity index (χ0) is 19.1. The van der Waals surface area contributed by atoms with Gasteiger partial charge in [0.15, 0.2) is 0 Å². The van der Waals surface area contributed by atoms with E-state index in [1.807, 2.05) is 0 Å². The lowest BCUT2D eigenvalue weighted by atomic mass is 9.68. The molecule has 0 spiro atoms. The smallest absolute Gasteiger partial charge is 0.122 e. The molecule has 0 aromatic heterocycles. The summed E-state index contributed by atoms with van der Waals surface area (Å²) in [6.45, 7) is 26.8. The third-order valence-electron chi connectivity index (χ3n) is 4.64. The lowest BCUT2D eigenvalue weighted by Crippen LogP contribution is -2.28. The fraction of sp³-hybridized carbons (Fsp3) is 0.696. The summed E-state index contributed by atoms with van der Waals surface area (Å²) in [5.74, 6) is 0.361. The first-order valence-corrected chi connectivity index (χ1v) is 9.15. The number of hydrogen-bond donors (Lipinski definition) is 1. The number of aromatic hydroxyl groups is 1. The Morgan fingerprint density at radius 3 is 1.58 bits per heavy atom. The van der Waals surface area contributed by atoms with Crippen LogP contribution >= 0.6 is 0 Å². The number of phenols is 1. The molecule has 1 radical (unpaired) electrons. The molecular formula is C23H39O. The molecule has 1 aromatic carbocycles. The zero-order valence-electron chi connectivity index (χ0n) is 17.7. The topological polar surface area (TPSA) is 20.2 Å². The molecule has 0 unspecified atom stereocenters. The molecule has 0 amide bonds. The minimum absolute atomic E-state index is 0.0466. The lowest BCUT2D eigenvalue weighted by Gasteiger charge is -2.37. The van der Waals surface area contributed by atoms with Crippen molar-refractivity contribution in [2.45, 2.75) is 92.9 Å². The molecule has 1 aromatic rings. The molecule has 1 rings (SSSR count). The van der Waals surface area contributed by atoms with Gasteiger partial charge in [0.05, 0.1) is 0 Å². The maximum Gasteiger partial charge on any atom is 0.122 e. The van der Waals surface area contributed by atoms with E-state index in [4.69, 9.17) is 0 Å². The zero-order valence-corrected chi connectivity index (χ0v) is 17.7. The molecular weight excluding hydrogens is 292 g/mol. The van der Waals surface area contributed by atoms with Crippen molar-refractivity contribution in [3.63, 3.8) is 0 Å². The van der Waals surface area contributed by atoms with E-state index in [2.05, 4.69) is 88.3 Å². The SMILES string of the molecule is [CH2]c1cc(C(C)(C)CC(C)(C)C)cc(C(C)(C)CC(C)(C)C)c1O. The Balaban J connectivity index is 3.42. The van der Waals surface area contributed by atoms with E-state index < -0.39 is 0 Å². The highest BCUT2D eigenvalue weighted by atomic mass is 16.3. The van der Waals surface area contributed by atoms with Gasteiger partial charge in [0.2, 0.25) is 0 Å². The van der Waals surface area contributed by atoms with Crippen molar-refractivity contribution in [1.82, 2.24) is 0 Å². The summed E-state index contributed by atoms with van der Waals surface area (Å²) in [6.07, 6.45) is 2.10. The predicted molar refractivity (Wildman–Crippen MR) is 107 cm³/mol. The van der Waals surface area contributed by atoms with Crippen molar-refractivity contribution in [3.8, 4) is 5.75 Å². The van der Waals surface area contributed by atoms with Crippen molar-refractivity contribution in [2.75, 3.05) is 0 Å². The van der Waals surface area contributed by atoms with Gasteiger partial charge in [0, 0.05) is 5.56 Å². The van der Waals surface area contributed by atoms with E-state index in [1.165, 1.54) is 5.56 Å². The molecule has 24 heavy (non-hydrogen) atoms. The largest absolute Gasteiger partial charge is 0.507 e. The van der Waals surface area contributed by atoms with Crippen LogP contribution in [0.5, 0.6) is 5.75 Å². The third-order valence-corrected chi connectivity index (χ3v) is 4.64. The summed E-state index contributed by atoms with van der Waals surface area (Å²) in [5, 5.41) is 10.7. The van der Waals surface area contributed by atoms with E-state index >= 15 is 0 Å². The van der Waals surface area contributed by atoms with Gasteiger partial charge in [-0.15, -0.1) is 0 Å². The van der Waals surface area contributed by atoms with Gasteiger partial charge < -0.3 is 5.11 Å². The molecule has 0 atom stereocenters. The molecule has 0 aliphatic heterocycles. The van der Waals surface area contributed by atoms with Crippen LogP contribution in [0.15, 0.2) is 12.1 Å². The highest BCUT2D eigenvalue weighted by Crippen LogP contribution is 2.44. The van der Waals surface area contributed by atoms with Gasteiger partial charge in [-0.25, -0.2) is 0 Å². The lowest BCUT2D eigenvalue weighted by molar-refractivity contribution is 0.274. The van der Waals surface area contributed by atoms with E-state index in [-0.39, 0.29) is 21.7 Å². The van der Waals surface area contributed by atoms with Gasteiger partial charge in [0.25, 0.3) is 0 Å². The van der Waals surface area contributed by atoms with Gasteiger partial charge in [-0.2, -0.15) is 0 Å². The first-order valence-electron chi connectivity index (χ1n) is 9.15. The summed E-state index contributed by atoms with van der Waals surface area (Å²) in [6, 6.07) is 4.29. The third kappa shape index (κ3) is 5.53. The Labute approximate surface area is 150 Å². The number of hydrogen-bond acceptors (Lipinski definition) is 1. The van der Waals surface area contributed by atoms with Gasteiger partial charge >= 0.3 is 0 Å². The van der Waals surface area contributed by atoms with Crippen LogP contribution in [-0.2, 0) is 10.8 Å². The molecule has 0 fully saturated rings. The van der Waals surface area contributed by atoms with Crippen LogP contribution in [-0.4, -0.2) is 5.11 Å². The quantitative estimate of drug-likeness (QED) is 0.629. The highest BCUT2D eigenvalue weighted by molar-refractivity contribution is 5.50. The fourth-order valence-corrected chi connectivity index (χ4v) is 4.45. The normalized spacial score (nSPS) is 14.1. The monoisotopic (exact) mass is 331 g/mol. The van der Waals surface area contributed by atoms with Crippen LogP contribution in [0, 0.1) is 17.8 Å². The number of benzene rings is 1. The molecule has 0 saturated carbocycles. The van der Waals surface area contributed by atoms with Gasteiger partial charge in [-0.05, 0) is 52.6 Å². The van der Waals surface area contributed by atoms with E-state index in [0.717, 1.165) is 24.0 Å². The fourth-order valence-electron chi connectivity index (χ4n) is 4.45. The predicted octanol–water partition coefficient (Wildman–Crippen LogP) is 7.00. The average molecular weight is 332 g/mol. The van der Waals surface area contributed by atoms with Gasteiger partial charge in [-0.1, -0.05) is 81.4 Å². The Morgan fingerprint density at radius 2 is 1.17 bits per heavy atom. The van der Waals surface area contributed by atoms with Crippen LogP contribution in [0.4, 0.5) is 0 Å². The minimum atomic E-state index is -0.0946. The Bertz CT molecular complexity index is 577. The summed E-state index contributed by atoms with van der Waals surface area (Å²) in [7, 11) is 0. The van der Waals surface area contributed by atoms with Crippen LogP contribution in [0.3, 0.4) is 0 Å². The maximum absolute atomic E-state index is 10.7. The first kappa shape index (κ1) is 21.1. The second-order valence-corrected chi connectivity index (χ2v) is 11.3. The second kappa shape index (κ2) is 6.39. The van der Waals surface area contributed by atoms with Crippen molar-refractivity contribution in [1.29, 1.82) is 0 Å². The molecule has 137 valence electrons. The number of phenolic OH excluding ortho intramolecular Hbond substituents is 1. The summed E-state index contributed by atoms with van der Waals surface area (Å²) in [4.78, 5) is 0. The van der Waals surface area contributed by atoms with Crippen LogP contribution in [0.25, 0.3) is 0 Å². The van der Waals surface area contributed by atoms with Crippen molar-refractivity contribution >= 4 is 0 Å². The van der Waals surface area contributed by atoms with Crippen molar-refractivity contribution in [2.24, 2.45) is 10.8 Å². The maximum atomic E-state index is 10.7. The Kier molecular flexibility index (Phi) is 5.61. The van der Waals surface area contributed by atoms with Crippen molar-refractivity contribution < 1.29 is 5.11 Å². The van der Waals surface area contributed by atoms with Gasteiger partial charge in [-0.3, -0.25) is 0 Å². The summed E-state index contributed by atoms with van der Waals surface area (Å²) in [5.41, 5.74) is 3.46. The van der Waals surface area contributed by atoms with Gasteiger partial charge in [0.1, 0.15) is 5.75 Å². The molecule has 1 N–H and O–H groups in total. The molecule has 0 aliphatic carbocycles. The first-order chi connectivity index (χ1) is 10.4. The van der Waals surface area contributed by atoms with Crippen LogP contribution in [0.2, 0.25) is 0 Å². The van der Waals surface area contributed by atoms with Crippen LogP contribution in [0.1, 0.15) is 98.8 Å². The summed E-state index contributed by atoms with van der Waals surface area (Å²) >= 11 is 0. The van der Waals surface area contributed by atoms with E-state index in [9.17, 15) is 5.11 Å². The standard InChI is InChI=1S/C23H39O/c1-16-12-17(22(8,9)14-20(2,3)4)13-18(19(16)24)23(10,11)15-21(5,6)7/h12-13,24H,1,14-15H2,2-11H3. The molecule has 0 saturated heterocycles. The second-order valence-electron chi connectivity index (χ2n) is 11.3. The van der Waals surface area contributed by atoms with Crippen LogP contribution < -0.4 is 0 Å². The Morgan fingerprint density at radius 1 is 0.750 bits per heavy atom. The molecule has 0 aliphatic rings. The molecule has 1 heteroatoms. The Hall–Kier alpha value is -0.980. The summed E-state index contributed by atoms with van der Waals surface area (Å²) < 4.78 is 0. The highest BCUT2D eigenvalue weighted by Gasteiger charge is 2.33. The number of rotatable bonds is 4. The minimum Gasteiger partial charge on any atom is -0.507 e.